The standard InChI is InChI=1S/C15H14FN5S/c1-21-14(12-4-6-13(16)7-5-12)19-20-15(21)22-10-11(9-18)3-2-8-17/h4-7,11H,2-3,10H2,1H3. The van der Waals surface area contributed by atoms with Crippen molar-refractivity contribution in [1.29, 1.82) is 10.5 Å². The Balaban J connectivity index is 2.07. The zero-order valence-corrected chi connectivity index (χ0v) is 12.8. The summed E-state index contributed by atoms with van der Waals surface area (Å²) >= 11 is 1.43. The van der Waals surface area contributed by atoms with Crippen LogP contribution in [0, 0.1) is 34.4 Å². The fraction of sp³-hybridized carbons (Fsp3) is 0.333. The summed E-state index contributed by atoms with van der Waals surface area (Å²) in [5.41, 5.74) is 0.782. The smallest absolute Gasteiger partial charge is 0.191 e. The van der Waals surface area contributed by atoms with Gasteiger partial charge < -0.3 is 4.57 Å². The predicted octanol–water partition coefficient (Wildman–Crippen LogP) is 3.16. The molecule has 112 valence electrons. The molecule has 1 heterocycles. The molecule has 2 rings (SSSR count). The Morgan fingerprint density at radius 2 is 2.00 bits per heavy atom. The molecule has 0 aliphatic rings. The molecule has 0 amide bonds. The summed E-state index contributed by atoms with van der Waals surface area (Å²) in [6.45, 7) is 0. The quantitative estimate of drug-likeness (QED) is 0.765. The van der Waals surface area contributed by atoms with Gasteiger partial charge in [-0.15, -0.1) is 10.2 Å². The Labute approximate surface area is 132 Å². The van der Waals surface area contributed by atoms with Crippen LogP contribution in [-0.2, 0) is 7.05 Å². The fourth-order valence-electron chi connectivity index (χ4n) is 1.89. The lowest BCUT2D eigenvalue weighted by Crippen LogP contribution is -2.02. The van der Waals surface area contributed by atoms with Crippen LogP contribution in [0.5, 0.6) is 0 Å². The van der Waals surface area contributed by atoms with Gasteiger partial charge in [-0.2, -0.15) is 10.5 Å². The molecule has 0 radical (unpaired) electrons. The van der Waals surface area contributed by atoms with Crippen molar-refractivity contribution in [3.05, 3.63) is 30.1 Å². The molecule has 22 heavy (non-hydrogen) atoms. The first-order valence-corrected chi connectivity index (χ1v) is 7.69. The van der Waals surface area contributed by atoms with Crippen LogP contribution in [0.4, 0.5) is 4.39 Å². The van der Waals surface area contributed by atoms with Crippen molar-refractivity contribution >= 4 is 11.8 Å². The molecule has 0 aliphatic carbocycles. The highest BCUT2D eigenvalue weighted by molar-refractivity contribution is 7.99. The van der Waals surface area contributed by atoms with Gasteiger partial charge in [-0.1, -0.05) is 11.8 Å². The summed E-state index contributed by atoms with van der Waals surface area (Å²) in [6, 6.07) is 10.3. The topological polar surface area (TPSA) is 78.3 Å². The van der Waals surface area contributed by atoms with Crippen molar-refractivity contribution < 1.29 is 4.39 Å². The average Bonchev–Trinajstić information content (AvgIpc) is 2.89. The Kier molecular flexibility index (Phi) is 5.51. The first-order valence-electron chi connectivity index (χ1n) is 6.70. The third-order valence-corrected chi connectivity index (χ3v) is 4.32. The van der Waals surface area contributed by atoms with Gasteiger partial charge in [-0.05, 0) is 30.7 Å². The second kappa shape index (κ2) is 7.58. The maximum absolute atomic E-state index is 13.0. The molecule has 7 heteroatoms. The van der Waals surface area contributed by atoms with Crippen molar-refractivity contribution in [2.24, 2.45) is 13.0 Å². The third-order valence-electron chi connectivity index (χ3n) is 3.14. The number of rotatable bonds is 6. The van der Waals surface area contributed by atoms with Crippen LogP contribution in [0.2, 0.25) is 0 Å². The number of hydrogen-bond acceptors (Lipinski definition) is 5. The highest BCUT2D eigenvalue weighted by Gasteiger charge is 2.14. The SMILES string of the molecule is Cn1c(SCC(C#N)CCC#N)nnc1-c1ccc(F)cc1. The molecule has 0 spiro atoms. The van der Waals surface area contributed by atoms with E-state index in [9.17, 15) is 4.39 Å². The molecule has 5 nitrogen and oxygen atoms in total. The second-order valence-electron chi connectivity index (χ2n) is 4.71. The molecule has 0 fully saturated rings. The summed E-state index contributed by atoms with van der Waals surface area (Å²) in [4.78, 5) is 0. The lowest BCUT2D eigenvalue weighted by atomic mass is 10.1. The summed E-state index contributed by atoms with van der Waals surface area (Å²) in [6.07, 6.45) is 0.932. The van der Waals surface area contributed by atoms with E-state index in [1.807, 2.05) is 17.7 Å². The van der Waals surface area contributed by atoms with Gasteiger partial charge in [0.2, 0.25) is 0 Å². The normalized spacial score (nSPS) is 11.6. The van der Waals surface area contributed by atoms with Crippen LogP contribution in [0.25, 0.3) is 11.4 Å². The van der Waals surface area contributed by atoms with Gasteiger partial charge in [-0.3, -0.25) is 0 Å². The molecule has 1 atom stereocenters. The number of nitrogens with zero attached hydrogens (tertiary/aromatic N) is 5. The van der Waals surface area contributed by atoms with Gasteiger partial charge in [0.15, 0.2) is 11.0 Å². The minimum absolute atomic E-state index is 0.185. The number of halogens is 1. The van der Waals surface area contributed by atoms with Crippen LogP contribution in [0.15, 0.2) is 29.4 Å². The van der Waals surface area contributed by atoms with Gasteiger partial charge in [0, 0.05) is 24.8 Å². The highest BCUT2D eigenvalue weighted by Crippen LogP contribution is 2.25. The average molecular weight is 315 g/mol. The Bertz CT molecular complexity index is 711. The molecule has 0 N–H and O–H groups in total. The third kappa shape index (κ3) is 3.84. The summed E-state index contributed by atoms with van der Waals surface area (Å²) in [5.74, 6) is 0.728. The lowest BCUT2D eigenvalue weighted by molar-refractivity contribution is 0.628. The summed E-state index contributed by atoms with van der Waals surface area (Å²) in [7, 11) is 1.83. The number of nitriles is 2. The largest absolute Gasteiger partial charge is 0.305 e. The molecule has 1 aromatic heterocycles. The van der Waals surface area contributed by atoms with Gasteiger partial charge in [-0.25, -0.2) is 4.39 Å². The van der Waals surface area contributed by atoms with Crippen molar-refractivity contribution in [3.63, 3.8) is 0 Å². The molecular weight excluding hydrogens is 301 g/mol. The van der Waals surface area contributed by atoms with Crippen LogP contribution in [-0.4, -0.2) is 20.5 Å². The van der Waals surface area contributed by atoms with Crippen LogP contribution < -0.4 is 0 Å². The Morgan fingerprint density at radius 3 is 2.64 bits per heavy atom. The summed E-state index contributed by atoms with van der Waals surface area (Å²) < 4.78 is 14.8. The first-order chi connectivity index (χ1) is 10.7. The van der Waals surface area contributed by atoms with E-state index in [4.69, 9.17) is 10.5 Å². The molecule has 1 unspecified atom stereocenters. The van der Waals surface area contributed by atoms with E-state index in [0.29, 0.717) is 29.6 Å². The molecule has 0 bridgehead atoms. The Hall–Kier alpha value is -2.38. The van der Waals surface area contributed by atoms with Crippen molar-refractivity contribution in [2.75, 3.05) is 5.75 Å². The van der Waals surface area contributed by atoms with Crippen molar-refractivity contribution in [1.82, 2.24) is 14.8 Å². The minimum Gasteiger partial charge on any atom is -0.305 e. The van der Waals surface area contributed by atoms with Gasteiger partial charge >= 0.3 is 0 Å². The second-order valence-corrected chi connectivity index (χ2v) is 5.69. The van der Waals surface area contributed by atoms with Gasteiger partial charge in [0.05, 0.1) is 18.1 Å². The molecule has 0 aliphatic heterocycles. The van der Waals surface area contributed by atoms with Crippen molar-refractivity contribution in [2.45, 2.75) is 18.0 Å². The number of benzene rings is 1. The number of thioether (sulfide) groups is 1. The van der Waals surface area contributed by atoms with E-state index >= 15 is 0 Å². The van der Waals surface area contributed by atoms with E-state index in [1.165, 1.54) is 23.9 Å². The fourth-order valence-corrected chi connectivity index (χ4v) is 2.86. The number of hydrogen-bond donors (Lipinski definition) is 0. The van der Waals surface area contributed by atoms with Crippen molar-refractivity contribution in [3.8, 4) is 23.5 Å². The monoisotopic (exact) mass is 315 g/mol. The lowest BCUT2D eigenvalue weighted by Gasteiger charge is -2.06. The van der Waals surface area contributed by atoms with Crippen LogP contribution >= 0.6 is 11.8 Å². The molecular formula is C15H14FN5S. The molecule has 1 aromatic carbocycles. The predicted molar refractivity (Wildman–Crippen MR) is 81.1 cm³/mol. The first kappa shape index (κ1) is 16.0. The summed E-state index contributed by atoms with van der Waals surface area (Å²) in [5, 5.41) is 26.5. The molecule has 2 aromatic rings. The van der Waals surface area contributed by atoms with E-state index in [1.54, 1.807) is 12.1 Å². The van der Waals surface area contributed by atoms with Crippen LogP contribution in [0.1, 0.15) is 12.8 Å². The zero-order chi connectivity index (χ0) is 15.9. The van der Waals surface area contributed by atoms with Gasteiger partial charge in [0.1, 0.15) is 5.82 Å². The zero-order valence-electron chi connectivity index (χ0n) is 12.0. The minimum atomic E-state index is -0.296. The Morgan fingerprint density at radius 1 is 1.27 bits per heavy atom. The number of aromatic nitrogens is 3. The van der Waals surface area contributed by atoms with Gasteiger partial charge in [0.25, 0.3) is 0 Å². The maximum Gasteiger partial charge on any atom is 0.191 e. The van der Waals surface area contributed by atoms with E-state index in [0.717, 1.165) is 5.56 Å². The van der Waals surface area contributed by atoms with E-state index in [2.05, 4.69) is 16.3 Å². The van der Waals surface area contributed by atoms with E-state index < -0.39 is 0 Å². The molecule has 0 saturated heterocycles. The van der Waals surface area contributed by atoms with Crippen LogP contribution in [0.3, 0.4) is 0 Å². The molecule has 0 saturated carbocycles. The van der Waals surface area contributed by atoms with E-state index in [-0.39, 0.29) is 11.7 Å². The maximum atomic E-state index is 13.0. The highest BCUT2D eigenvalue weighted by atomic mass is 32.2.